The highest BCUT2D eigenvalue weighted by Crippen LogP contribution is 2.33. The normalized spacial score (nSPS) is 21.0. The Balaban J connectivity index is 0.00000420. The number of nitrogens with zero attached hydrogens (tertiary/aromatic N) is 3. The lowest BCUT2D eigenvalue weighted by Gasteiger charge is -2.48. The first-order valence-electron chi connectivity index (χ1n) is 10.4. The number of hydrogen-bond donors (Lipinski definition) is 2. The Morgan fingerprint density at radius 2 is 1.79 bits per heavy atom. The van der Waals surface area contributed by atoms with E-state index in [4.69, 9.17) is 4.74 Å². The lowest BCUT2D eigenvalue weighted by atomic mass is 9.80. The molecule has 2 N–H and O–H groups in total. The van der Waals surface area contributed by atoms with Gasteiger partial charge >= 0.3 is 6.18 Å². The van der Waals surface area contributed by atoms with E-state index < -0.39 is 12.7 Å². The van der Waals surface area contributed by atoms with Gasteiger partial charge < -0.3 is 15.4 Å². The van der Waals surface area contributed by atoms with Crippen LogP contribution in [-0.2, 0) is 4.74 Å². The molecule has 10 heteroatoms. The highest BCUT2D eigenvalue weighted by molar-refractivity contribution is 14.0. The lowest BCUT2D eigenvalue weighted by molar-refractivity contribution is -0.143. The molecule has 0 unspecified atom stereocenters. The summed E-state index contributed by atoms with van der Waals surface area (Å²) in [7, 11) is 3.23. The van der Waals surface area contributed by atoms with Gasteiger partial charge in [0.05, 0.1) is 19.8 Å². The largest absolute Gasteiger partial charge is 0.401 e. The molecular formula is C19H37F3IN5O. The molecule has 29 heavy (non-hydrogen) atoms. The highest BCUT2D eigenvalue weighted by Gasteiger charge is 2.38. The van der Waals surface area contributed by atoms with Crippen LogP contribution in [-0.4, -0.2) is 94.1 Å². The average Bonchev–Trinajstić information content (AvgIpc) is 2.67. The van der Waals surface area contributed by atoms with Crippen molar-refractivity contribution in [2.45, 2.75) is 50.2 Å². The van der Waals surface area contributed by atoms with E-state index in [0.29, 0.717) is 19.5 Å². The monoisotopic (exact) mass is 535 g/mol. The Morgan fingerprint density at radius 3 is 2.38 bits per heavy atom. The fourth-order valence-electron chi connectivity index (χ4n) is 4.26. The minimum absolute atomic E-state index is 0. The maximum absolute atomic E-state index is 12.4. The van der Waals surface area contributed by atoms with Crippen molar-refractivity contribution < 1.29 is 17.9 Å². The summed E-state index contributed by atoms with van der Waals surface area (Å²) in [5, 5.41) is 6.70. The van der Waals surface area contributed by atoms with E-state index in [-0.39, 0.29) is 29.5 Å². The van der Waals surface area contributed by atoms with Crippen LogP contribution in [0.3, 0.4) is 0 Å². The fourth-order valence-corrected chi connectivity index (χ4v) is 4.26. The summed E-state index contributed by atoms with van der Waals surface area (Å²) in [5.41, 5.74) is 0.145. The van der Waals surface area contributed by atoms with Crippen molar-refractivity contribution in [1.82, 2.24) is 20.4 Å². The molecule has 0 bridgehead atoms. The maximum Gasteiger partial charge on any atom is 0.401 e. The molecule has 0 radical (unpaired) electrons. The Labute approximate surface area is 190 Å². The molecule has 2 aliphatic rings. The first-order valence-corrected chi connectivity index (χ1v) is 10.4. The van der Waals surface area contributed by atoms with Crippen molar-refractivity contribution in [2.75, 3.05) is 66.6 Å². The van der Waals surface area contributed by atoms with Crippen molar-refractivity contribution in [1.29, 1.82) is 0 Å². The van der Waals surface area contributed by atoms with Crippen LogP contribution in [0.15, 0.2) is 4.99 Å². The van der Waals surface area contributed by atoms with Gasteiger partial charge in [0.25, 0.3) is 0 Å². The molecule has 0 spiro atoms. The maximum atomic E-state index is 12.4. The van der Waals surface area contributed by atoms with Crippen molar-refractivity contribution in [3.05, 3.63) is 0 Å². The molecule has 0 amide bonds. The third kappa shape index (κ3) is 9.56. The number of ether oxygens (including phenoxy) is 1. The van der Waals surface area contributed by atoms with E-state index in [1.807, 2.05) is 0 Å². The molecule has 0 atom stereocenters. The minimum Gasteiger partial charge on any atom is -0.379 e. The second-order valence-electron chi connectivity index (χ2n) is 7.94. The average molecular weight is 535 g/mol. The molecule has 172 valence electrons. The van der Waals surface area contributed by atoms with Crippen LogP contribution in [0.25, 0.3) is 0 Å². The molecule has 1 aliphatic heterocycles. The molecule has 1 saturated carbocycles. The van der Waals surface area contributed by atoms with Crippen LogP contribution in [0.1, 0.15) is 38.5 Å². The number of rotatable bonds is 8. The zero-order chi connectivity index (χ0) is 20.5. The quantitative estimate of drug-likeness (QED) is 0.217. The van der Waals surface area contributed by atoms with Crippen LogP contribution in [0, 0.1) is 0 Å². The third-order valence-corrected chi connectivity index (χ3v) is 5.73. The fraction of sp³-hybridized carbons (Fsp3) is 0.947. The molecule has 0 aromatic carbocycles. The summed E-state index contributed by atoms with van der Waals surface area (Å²) >= 11 is 0. The van der Waals surface area contributed by atoms with Gasteiger partial charge in [-0.05, 0) is 32.9 Å². The van der Waals surface area contributed by atoms with Crippen LogP contribution in [0.5, 0.6) is 0 Å². The molecule has 1 saturated heterocycles. The van der Waals surface area contributed by atoms with Crippen molar-refractivity contribution >= 4 is 29.9 Å². The molecular weight excluding hydrogens is 498 g/mol. The lowest BCUT2D eigenvalue weighted by Crippen LogP contribution is -2.60. The molecule has 1 heterocycles. The van der Waals surface area contributed by atoms with Gasteiger partial charge in [0.1, 0.15) is 0 Å². The van der Waals surface area contributed by atoms with E-state index in [2.05, 4.69) is 20.5 Å². The van der Waals surface area contributed by atoms with Crippen molar-refractivity contribution in [2.24, 2.45) is 4.99 Å². The van der Waals surface area contributed by atoms with Gasteiger partial charge in [-0.25, -0.2) is 0 Å². The van der Waals surface area contributed by atoms with Crippen LogP contribution in [0.4, 0.5) is 13.2 Å². The van der Waals surface area contributed by atoms with E-state index in [1.165, 1.54) is 44.1 Å². The number of morpholine rings is 1. The van der Waals surface area contributed by atoms with Gasteiger partial charge in [0, 0.05) is 38.8 Å². The topological polar surface area (TPSA) is 52.1 Å². The van der Waals surface area contributed by atoms with Crippen molar-refractivity contribution in [3.8, 4) is 0 Å². The highest BCUT2D eigenvalue weighted by atomic mass is 127. The summed E-state index contributed by atoms with van der Waals surface area (Å²) in [6, 6.07) is 0. The Morgan fingerprint density at radius 1 is 1.14 bits per heavy atom. The predicted octanol–water partition coefficient (Wildman–Crippen LogP) is 2.69. The van der Waals surface area contributed by atoms with E-state index in [9.17, 15) is 13.2 Å². The van der Waals surface area contributed by atoms with Gasteiger partial charge in [-0.2, -0.15) is 13.2 Å². The Bertz CT molecular complexity index is 481. The first-order chi connectivity index (χ1) is 13.3. The molecule has 1 aliphatic carbocycles. The Kier molecular flexibility index (Phi) is 12.1. The number of nitrogens with one attached hydrogen (secondary N) is 2. The van der Waals surface area contributed by atoms with Crippen LogP contribution in [0.2, 0.25) is 0 Å². The first kappa shape index (κ1) is 26.7. The third-order valence-electron chi connectivity index (χ3n) is 5.73. The van der Waals surface area contributed by atoms with Gasteiger partial charge in [0.2, 0.25) is 0 Å². The van der Waals surface area contributed by atoms with E-state index >= 15 is 0 Å². The van der Waals surface area contributed by atoms with Gasteiger partial charge in [-0.1, -0.05) is 19.3 Å². The zero-order valence-electron chi connectivity index (χ0n) is 17.7. The minimum atomic E-state index is -4.15. The van der Waals surface area contributed by atoms with Crippen molar-refractivity contribution in [3.63, 3.8) is 0 Å². The Hall–Kier alpha value is -0.330. The molecule has 2 rings (SSSR count). The molecule has 0 aromatic heterocycles. The standard InChI is InChI=1S/C19H36F3N5O.HI/c1-23-17(24-9-6-10-26(2)16-19(20,21)22)25-15-18(7-4-3-5-8-18)27-11-13-28-14-12-27;/h3-16H2,1-2H3,(H2,23,24,25);1H. The number of guanidine groups is 1. The van der Waals surface area contributed by atoms with Gasteiger partial charge in [-0.3, -0.25) is 14.8 Å². The summed E-state index contributed by atoms with van der Waals surface area (Å²) in [6.45, 7) is 4.47. The predicted molar refractivity (Wildman–Crippen MR) is 121 cm³/mol. The molecule has 2 fully saturated rings. The zero-order valence-corrected chi connectivity index (χ0v) is 20.0. The SMILES string of the molecule is CN=C(NCCCN(C)CC(F)(F)F)NCC1(N2CCOCC2)CCCCC1.I. The van der Waals surface area contributed by atoms with E-state index in [1.54, 1.807) is 7.05 Å². The summed E-state index contributed by atoms with van der Waals surface area (Å²) in [4.78, 5) is 8.15. The summed E-state index contributed by atoms with van der Waals surface area (Å²) in [6.07, 6.45) is 2.63. The van der Waals surface area contributed by atoms with Crippen LogP contribution >= 0.6 is 24.0 Å². The second kappa shape index (κ2) is 13.2. The summed E-state index contributed by atoms with van der Waals surface area (Å²) < 4.78 is 42.6. The number of hydrogen-bond acceptors (Lipinski definition) is 4. The number of aliphatic imine (C=N–C) groups is 1. The molecule has 0 aromatic rings. The molecule has 6 nitrogen and oxygen atoms in total. The smallest absolute Gasteiger partial charge is 0.379 e. The van der Waals surface area contributed by atoms with E-state index in [0.717, 1.165) is 38.8 Å². The van der Waals surface area contributed by atoms with Gasteiger partial charge in [0.15, 0.2) is 5.96 Å². The van der Waals surface area contributed by atoms with Gasteiger partial charge in [-0.15, -0.1) is 24.0 Å². The summed E-state index contributed by atoms with van der Waals surface area (Å²) in [5.74, 6) is 0.719. The second-order valence-corrected chi connectivity index (χ2v) is 7.94. The number of alkyl halides is 3. The number of halogens is 4. The van der Waals surface area contributed by atoms with Crippen LogP contribution < -0.4 is 10.6 Å².